The van der Waals surface area contributed by atoms with Gasteiger partial charge >= 0.3 is 5.97 Å². The predicted molar refractivity (Wildman–Crippen MR) is 40.8 cm³/mol. The second kappa shape index (κ2) is 5.09. The van der Waals surface area contributed by atoms with E-state index in [0.29, 0.717) is 12.3 Å². The van der Waals surface area contributed by atoms with Gasteiger partial charge in [0.05, 0.1) is 0 Å². The maximum Gasteiger partial charge on any atom is 0.334 e. The molecule has 4 nitrogen and oxygen atoms in total. The average Bonchev–Trinajstić information content (AvgIpc) is 1.99. The van der Waals surface area contributed by atoms with E-state index in [-0.39, 0.29) is 0 Å². The summed E-state index contributed by atoms with van der Waals surface area (Å²) < 4.78 is 0. The number of aliphatic carboxylic acids is 1. The highest BCUT2D eigenvalue weighted by molar-refractivity contribution is 5.72. The number of carboxylic acid groups (broad SMARTS) is 1. The van der Waals surface area contributed by atoms with Crippen molar-refractivity contribution in [3.05, 3.63) is 0 Å². The van der Waals surface area contributed by atoms with Gasteiger partial charge in [-0.05, 0) is 12.3 Å². The summed E-state index contributed by atoms with van der Waals surface area (Å²) in [5.41, 5.74) is 0. The van der Waals surface area contributed by atoms with Crippen molar-refractivity contribution in [2.45, 2.75) is 32.8 Å². The Balaban J connectivity index is 3.77. The monoisotopic (exact) mass is 161 g/mol. The van der Waals surface area contributed by atoms with Crippen molar-refractivity contribution in [2.24, 2.45) is 11.8 Å². The van der Waals surface area contributed by atoms with Gasteiger partial charge in [0.25, 0.3) is 0 Å². The summed E-state index contributed by atoms with van der Waals surface area (Å²) in [6.07, 6.45) is 0.556. The zero-order chi connectivity index (χ0) is 8.85. The average molecular weight is 161 g/mol. The Bertz CT molecular complexity index is 127. The molecular formula is C7H15NO3. The molecule has 0 saturated heterocycles. The number of hydrogen-bond acceptors (Lipinski definition) is 3. The van der Waals surface area contributed by atoms with Gasteiger partial charge in [0, 0.05) is 0 Å². The summed E-state index contributed by atoms with van der Waals surface area (Å²) in [4.78, 5) is 14.7. The molecule has 0 radical (unpaired) electrons. The summed E-state index contributed by atoms with van der Waals surface area (Å²) in [6.45, 7) is 3.97. The molecule has 4 heteroatoms. The molecule has 0 heterocycles. The van der Waals surface area contributed by atoms with E-state index in [4.69, 9.17) is 11.0 Å². The van der Waals surface area contributed by atoms with Gasteiger partial charge in [-0.15, -0.1) is 0 Å². The predicted octanol–water partition coefficient (Wildman–Crippen LogP) is 0.766. The van der Waals surface area contributed by atoms with Gasteiger partial charge in [-0.25, -0.2) is 10.7 Å². The summed E-state index contributed by atoms with van der Waals surface area (Å²) in [5, 5.41) is 8.51. The van der Waals surface area contributed by atoms with Crippen LogP contribution >= 0.6 is 0 Å². The molecule has 11 heavy (non-hydrogen) atoms. The summed E-state index contributed by atoms with van der Waals surface area (Å²) in [5.74, 6) is 4.14. The van der Waals surface area contributed by atoms with Gasteiger partial charge in [-0.1, -0.05) is 20.3 Å². The second-order valence-corrected chi connectivity index (χ2v) is 2.71. The van der Waals surface area contributed by atoms with Crippen molar-refractivity contribution >= 4 is 5.97 Å². The third kappa shape index (κ3) is 3.95. The SMILES string of the molecule is CC[C@@H](C)C[C@@H](ON)C(=O)O. The van der Waals surface area contributed by atoms with E-state index in [2.05, 4.69) is 4.84 Å². The third-order valence-corrected chi connectivity index (χ3v) is 1.75. The molecule has 0 rings (SSSR count). The van der Waals surface area contributed by atoms with E-state index in [9.17, 15) is 4.79 Å². The molecule has 0 aliphatic carbocycles. The topological polar surface area (TPSA) is 72.5 Å². The van der Waals surface area contributed by atoms with Crippen LogP contribution in [0.1, 0.15) is 26.7 Å². The van der Waals surface area contributed by atoms with Gasteiger partial charge in [-0.3, -0.25) is 4.84 Å². The van der Waals surface area contributed by atoms with E-state index in [0.717, 1.165) is 6.42 Å². The third-order valence-electron chi connectivity index (χ3n) is 1.75. The maximum absolute atomic E-state index is 10.4. The van der Waals surface area contributed by atoms with E-state index in [1.807, 2.05) is 13.8 Å². The van der Waals surface area contributed by atoms with Crippen LogP contribution in [-0.2, 0) is 9.63 Å². The molecule has 0 saturated carbocycles. The Kier molecular flexibility index (Phi) is 4.81. The molecule has 0 aromatic heterocycles. The molecule has 0 aromatic carbocycles. The fourth-order valence-electron chi connectivity index (χ4n) is 0.747. The molecule has 0 unspecified atom stereocenters. The molecule has 2 atom stereocenters. The van der Waals surface area contributed by atoms with E-state index in [1.165, 1.54) is 0 Å². The van der Waals surface area contributed by atoms with Crippen molar-refractivity contribution in [2.75, 3.05) is 0 Å². The molecule has 66 valence electrons. The van der Waals surface area contributed by atoms with E-state index < -0.39 is 12.1 Å². The summed E-state index contributed by atoms with van der Waals surface area (Å²) in [6, 6.07) is 0. The second-order valence-electron chi connectivity index (χ2n) is 2.71. The Morgan fingerprint density at radius 1 is 1.73 bits per heavy atom. The standard InChI is InChI=1S/C7H15NO3/c1-3-5(2)4-6(11-8)7(9)10/h5-6H,3-4,8H2,1-2H3,(H,9,10)/t5-,6-/m1/s1. The van der Waals surface area contributed by atoms with Crippen LogP contribution in [0.15, 0.2) is 0 Å². The number of rotatable bonds is 5. The van der Waals surface area contributed by atoms with Crippen LogP contribution in [0.3, 0.4) is 0 Å². The van der Waals surface area contributed by atoms with Gasteiger partial charge in [0.15, 0.2) is 6.10 Å². The highest BCUT2D eigenvalue weighted by Gasteiger charge is 2.19. The first kappa shape index (κ1) is 10.4. The Labute approximate surface area is 66.3 Å². The highest BCUT2D eigenvalue weighted by Crippen LogP contribution is 2.11. The normalized spacial score (nSPS) is 15.9. The van der Waals surface area contributed by atoms with Gasteiger partial charge in [0.2, 0.25) is 0 Å². The van der Waals surface area contributed by atoms with E-state index >= 15 is 0 Å². The minimum Gasteiger partial charge on any atom is -0.479 e. The molecule has 0 aliphatic rings. The molecule has 0 bridgehead atoms. The molecule has 0 spiro atoms. The molecule has 0 aliphatic heterocycles. The molecule has 0 fully saturated rings. The van der Waals surface area contributed by atoms with Gasteiger partial charge in [0.1, 0.15) is 0 Å². The highest BCUT2D eigenvalue weighted by atomic mass is 16.6. The fraction of sp³-hybridized carbons (Fsp3) is 0.857. The lowest BCUT2D eigenvalue weighted by molar-refractivity contribution is -0.151. The fourth-order valence-corrected chi connectivity index (χ4v) is 0.747. The zero-order valence-electron chi connectivity index (χ0n) is 6.91. The quantitative estimate of drug-likeness (QED) is 0.584. The van der Waals surface area contributed by atoms with Crippen LogP contribution in [0.2, 0.25) is 0 Å². The lowest BCUT2D eigenvalue weighted by Crippen LogP contribution is -2.28. The molecule has 0 aromatic rings. The molecular weight excluding hydrogens is 146 g/mol. The number of carboxylic acids is 1. The maximum atomic E-state index is 10.4. The number of hydrogen-bond donors (Lipinski definition) is 2. The first-order chi connectivity index (χ1) is 5.11. The summed E-state index contributed by atoms with van der Waals surface area (Å²) in [7, 11) is 0. The van der Waals surface area contributed by atoms with Crippen LogP contribution in [0.25, 0.3) is 0 Å². The Hall–Kier alpha value is -0.610. The minimum absolute atomic E-state index is 0.333. The first-order valence-corrected chi connectivity index (χ1v) is 3.70. The van der Waals surface area contributed by atoms with Crippen molar-refractivity contribution in [3.63, 3.8) is 0 Å². The number of nitrogens with two attached hydrogens (primary N) is 1. The van der Waals surface area contributed by atoms with Crippen molar-refractivity contribution in [1.29, 1.82) is 0 Å². The van der Waals surface area contributed by atoms with Crippen LogP contribution in [0.4, 0.5) is 0 Å². The van der Waals surface area contributed by atoms with Crippen molar-refractivity contribution in [1.82, 2.24) is 0 Å². The van der Waals surface area contributed by atoms with Gasteiger partial charge in [-0.2, -0.15) is 0 Å². The minimum atomic E-state index is -0.993. The Morgan fingerprint density at radius 3 is 2.55 bits per heavy atom. The summed E-state index contributed by atoms with van der Waals surface area (Å²) >= 11 is 0. The first-order valence-electron chi connectivity index (χ1n) is 3.70. The van der Waals surface area contributed by atoms with E-state index in [1.54, 1.807) is 0 Å². The molecule has 0 amide bonds. The number of carbonyl (C=O) groups is 1. The largest absolute Gasteiger partial charge is 0.479 e. The Morgan fingerprint density at radius 2 is 2.27 bits per heavy atom. The lowest BCUT2D eigenvalue weighted by atomic mass is 10.0. The van der Waals surface area contributed by atoms with Crippen molar-refractivity contribution < 1.29 is 14.7 Å². The lowest BCUT2D eigenvalue weighted by Gasteiger charge is -2.13. The van der Waals surface area contributed by atoms with Crippen molar-refractivity contribution in [3.8, 4) is 0 Å². The van der Waals surface area contributed by atoms with Crippen LogP contribution in [0, 0.1) is 5.92 Å². The van der Waals surface area contributed by atoms with Crippen LogP contribution in [-0.4, -0.2) is 17.2 Å². The van der Waals surface area contributed by atoms with Crippen LogP contribution < -0.4 is 5.90 Å². The van der Waals surface area contributed by atoms with Crippen LogP contribution in [0.5, 0.6) is 0 Å². The van der Waals surface area contributed by atoms with Gasteiger partial charge < -0.3 is 5.11 Å². The molecule has 3 N–H and O–H groups in total. The zero-order valence-corrected chi connectivity index (χ0v) is 6.91. The smallest absolute Gasteiger partial charge is 0.334 e.